The smallest absolute Gasteiger partial charge is 0.274 e. The van der Waals surface area contributed by atoms with Crippen molar-refractivity contribution < 1.29 is 19.4 Å². The van der Waals surface area contributed by atoms with E-state index in [-0.39, 0.29) is 17.7 Å². The van der Waals surface area contributed by atoms with Gasteiger partial charge < -0.3 is 15.2 Å². The van der Waals surface area contributed by atoms with E-state index in [9.17, 15) is 14.7 Å². The average Bonchev–Trinajstić information content (AvgIpc) is 2.92. The maximum absolute atomic E-state index is 13.5. The largest absolute Gasteiger partial charge is 0.447 e. The summed E-state index contributed by atoms with van der Waals surface area (Å²) in [6.07, 6.45) is 6.85. The maximum Gasteiger partial charge on any atom is 0.274 e. The summed E-state index contributed by atoms with van der Waals surface area (Å²) >= 11 is 0. The van der Waals surface area contributed by atoms with E-state index in [1.807, 2.05) is 44.2 Å². The van der Waals surface area contributed by atoms with Crippen LogP contribution in [0, 0.1) is 5.92 Å². The minimum absolute atomic E-state index is 0.0330. The van der Waals surface area contributed by atoms with Crippen LogP contribution >= 0.6 is 0 Å². The van der Waals surface area contributed by atoms with Gasteiger partial charge in [0.2, 0.25) is 17.4 Å². The highest BCUT2D eigenvalue weighted by Gasteiger charge is 2.54. The highest BCUT2D eigenvalue weighted by Crippen LogP contribution is 2.35. The number of hydrogen-bond acceptors (Lipinski definition) is 5. The number of rotatable bonds is 4. The van der Waals surface area contributed by atoms with E-state index in [2.05, 4.69) is 10.3 Å². The Bertz CT molecular complexity index is 964. The number of nitrogens with zero attached hydrogens (tertiary/aromatic N) is 2. The number of carbonyl (C=O) groups excluding carboxylic acids is 2. The van der Waals surface area contributed by atoms with Crippen molar-refractivity contribution >= 4 is 17.7 Å². The topological polar surface area (TPSA) is 91.2 Å². The first kappa shape index (κ1) is 19.1. The highest BCUT2D eigenvalue weighted by atomic mass is 16.5. The van der Waals surface area contributed by atoms with Crippen LogP contribution in [0.25, 0.3) is 0 Å². The van der Waals surface area contributed by atoms with Gasteiger partial charge in [0.25, 0.3) is 5.91 Å². The van der Waals surface area contributed by atoms with Crippen LogP contribution in [0.3, 0.4) is 0 Å². The van der Waals surface area contributed by atoms with Crippen LogP contribution in [0.2, 0.25) is 0 Å². The van der Waals surface area contributed by atoms with E-state index in [4.69, 9.17) is 4.74 Å². The van der Waals surface area contributed by atoms with Gasteiger partial charge in [-0.15, -0.1) is 0 Å². The van der Waals surface area contributed by atoms with Gasteiger partial charge in [-0.25, -0.2) is 0 Å². The van der Waals surface area contributed by atoms with Crippen LogP contribution in [-0.2, 0) is 20.7 Å². The third-order valence-corrected chi connectivity index (χ3v) is 5.50. The summed E-state index contributed by atoms with van der Waals surface area (Å²) in [5.41, 5.74) is -0.589. The number of carbonyl (C=O) groups is 2. The van der Waals surface area contributed by atoms with Crippen LogP contribution in [0.5, 0.6) is 0 Å². The maximum atomic E-state index is 13.5. The summed E-state index contributed by atoms with van der Waals surface area (Å²) in [7, 11) is 0. The van der Waals surface area contributed by atoms with Gasteiger partial charge in [0, 0.05) is 6.42 Å². The first-order chi connectivity index (χ1) is 14.0. The molecule has 0 aromatic heterocycles. The molecule has 0 radical (unpaired) electrons. The third kappa shape index (κ3) is 3.17. The fraction of sp³-hybridized carbons (Fsp3) is 0.318. The van der Waals surface area contributed by atoms with Gasteiger partial charge >= 0.3 is 0 Å². The van der Waals surface area contributed by atoms with Gasteiger partial charge in [0.1, 0.15) is 6.04 Å². The van der Waals surface area contributed by atoms with Crippen LogP contribution in [-0.4, -0.2) is 39.4 Å². The number of allylic oxidation sites excluding steroid dienone is 3. The van der Waals surface area contributed by atoms with Crippen molar-refractivity contribution in [2.24, 2.45) is 10.9 Å². The number of benzene rings is 1. The fourth-order valence-electron chi connectivity index (χ4n) is 3.65. The van der Waals surface area contributed by atoms with E-state index in [1.165, 1.54) is 23.3 Å². The Labute approximate surface area is 169 Å². The van der Waals surface area contributed by atoms with Crippen LogP contribution in [0.15, 0.2) is 71.3 Å². The Morgan fingerprint density at radius 1 is 1.28 bits per heavy atom. The lowest BCUT2D eigenvalue weighted by Crippen LogP contribution is -2.64. The second-order valence-corrected chi connectivity index (χ2v) is 7.41. The van der Waals surface area contributed by atoms with Crippen molar-refractivity contribution in [1.82, 2.24) is 10.2 Å². The second-order valence-electron chi connectivity index (χ2n) is 7.41. The molecule has 29 heavy (non-hydrogen) atoms. The Morgan fingerprint density at radius 2 is 2.03 bits per heavy atom. The molecular weight excluding hydrogens is 370 g/mol. The first-order valence-corrected chi connectivity index (χ1v) is 9.71. The number of fused-ring (bicyclic) bond motifs is 2. The molecule has 2 amide bonds. The lowest BCUT2D eigenvalue weighted by molar-refractivity contribution is -0.148. The van der Waals surface area contributed by atoms with Crippen molar-refractivity contribution in [3.63, 3.8) is 0 Å². The van der Waals surface area contributed by atoms with Gasteiger partial charge in [0.15, 0.2) is 5.82 Å². The zero-order valence-electron chi connectivity index (χ0n) is 16.3. The second kappa shape index (κ2) is 7.33. The van der Waals surface area contributed by atoms with Crippen molar-refractivity contribution in [2.75, 3.05) is 0 Å². The summed E-state index contributed by atoms with van der Waals surface area (Å²) in [6, 6.07) is 8.63. The molecule has 7 nitrogen and oxygen atoms in total. The van der Waals surface area contributed by atoms with E-state index >= 15 is 0 Å². The molecule has 0 fully saturated rings. The van der Waals surface area contributed by atoms with E-state index in [0.29, 0.717) is 17.9 Å². The zero-order valence-corrected chi connectivity index (χ0v) is 16.3. The molecule has 4 rings (SSSR count). The van der Waals surface area contributed by atoms with Crippen molar-refractivity contribution in [3.8, 4) is 0 Å². The molecule has 3 aliphatic rings. The SMILES string of the molecule is CC[C@@H](C)C1=C2N=C3OC=CC=C[C@@]3(O)C(=O)N2[C@@H](Cc2ccccc2)C(=O)N1. The standard InChI is InChI=1S/C22H23N3O4/c1-3-14(2)17-18-24-20-22(28,11-7-8-12-29-20)21(27)25(18)16(19(26)23-17)13-15-9-5-4-6-10-15/h4-12,14,16,28H,3,13H2,1-2H3,(H,23,26)/t14-,16+,22+/m1/s1. The number of ether oxygens (including phenoxy) is 1. The lowest BCUT2D eigenvalue weighted by Gasteiger charge is -2.43. The van der Waals surface area contributed by atoms with Crippen LogP contribution < -0.4 is 5.32 Å². The number of nitrogens with one attached hydrogen (secondary N) is 1. The van der Waals surface area contributed by atoms with E-state index < -0.39 is 17.6 Å². The molecule has 150 valence electrons. The van der Waals surface area contributed by atoms with Crippen molar-refractivity contribution in [2.45, 2.75) is 38.3 Å². The Morgan fingerprint density at radius 3 is 2.76 bits per heavy atom. The molecule has 3 heterocycles. The molecule has 0 spiro atoms. The minimum Gasteiger partial charge on any atom is -0.447 e. The summed E-state index contributed by atoms with van der Waals surface area (Å²) in [5.74, 6) is -0.758. The van der Waals surface area contributed by atoms with Gasteiger partial charge in [-0.05, 0) is 30.1 Å². The molecular formula is C22H23N3O4. The Balaban J connectivity index is 1.86. The number of hydrogen-bond donors (Lipinski definition) is 2. The summed E-state index contributed by atoms with van der Waals surface area (Å²) in [5, 5.41) is 14.0. The predicted octanol–water partition coefficient (Wildman–Crippen LogP) is 2.01. The van der Waals surface area contributed by atoms with Crippen molar-refractivity contribution in [1.29, 1.82) is 0 Å². The number of aliphatic imine (C=N–C) groups is 1. The molecule has 3 atom stereocenters. The van der Waals surface area contributed by atoms with E-state index in [1.54, 1.807) is 6.08 Å². The number of aliphatic hydroxyl groups is 1. The summed E-state index contributed by atoms with van der Waals surface area (Å²) in [6.45, 7) is 3.95. The molecule has 0 aliphatic carbocycles. The van der Waals surface area contributed by atoms with Gasteiger partial charge in [-0.1, -0.05) is 50.3 Å². The average molecular weight is 393 g/mol. The van der Waals surface area contributed by atoms with Gasteiger partial charge in [-0.2, -0.15) is 4.99 Å². The van der Waals surface area contributed by atoms with Gasteiger partial charge in [-0.3, -0.25) is 14.5 Å². The normalized spacial score (nSPS) is 26.8. The number of amides is 2. The van der Waals surface area contributed by atoms with Crippen molar-refractivity contribution in [3.05, 3.63) is 71.9 Å². The molecule has 7 heteroatoms. The third-order valence-electron chi connectivity index (χ3n) is 5.50. The highest BCUT2D eigenvalue weighted by molar-refractivity contribution is 6.14. The minimum atomic E-state index is -2.06. The molecule has 0 saturated heterocycles. The zero-order chi connectivity index (χ0) is 20.6. The molecule has 1 aromatic carbocycles. The van der Waals surface area contributed by atoms with Crippen LogP contribution in [0.4, 0.5) is 0 Å². The molecule has 3 aliphatic heterocycles. The molecule has 0 unspecified atom stereocenters. The summed E-state index contributed by atoms with van der Waals surface area (Å²) in [4.78, 5) is 32.4. The molecule has 0 saturated carbocycles. The molecule has 1 aromatic rings. The lowest BCUT2D eigenvalue weighted by atomic mass is 9.92. The van der Waals surface area contributed by atoms with Crippen LogP contribution in [0.1, 0.15) is 25.8 Å². The first-order valence-electron chi connectivity index (χ1n) is 9.71. The Hall–Kier alpha value is -3.19. The predicted molar refractivity (Wildman–Crippen MR) is 107 cm³/mol. The molecule has 2 N–H and O–H groups in total. The van der Waals surface area contributed by atoms with Gasteiger partial charge in [0.05, 0.1) is 12.0 Å². The fourth-order valence-corrected chi connectivity index (χ4v) is 3.65. The summed E-state index contributed by atoms with van der Waals surface area (Å²) < 4.78 is 5.43. The molecule has 0 bridgehead atoms. The van der Waals surface area contributed by atoms with E-state index in [0.717, 1.165) is 12.0 Å². The quantitative estimate of drug-likeness (QED) is 0.819. The monoisotopic (exact) mass is 393 g/mol. The Kier molecular flexibility index (Phi) is 4.84.